The van der Waals surface area contributed by atoms with Crippen LogP contribution in [0.4, 0.5) is 43.8 Å². The lowest BCUT2D eigenvalue weighted by Gasteiger charge is -2.35. The van der Waals surface area contributed by atoms with E-state index in [0.717, 1.165) is 0 Å². The second-order valence-electron chi connectivity index (χ2n) is 8.63. The van der Waals surface area contributed by atoms with Crippen molar-refractivity contribution in [3.8, 4) is 5.75 Å². The number of benzene rings is 1. The second kappa shape index (κ2) is 11.3. The van der Waals surface area contributed by atoms with Gasteiger partial charge >= 0.3 is 12.4 Å². The van der Waals surface area contributed by atoms with E-state index < -0.39 is 35.1 Å². The first-order chi connectivity index (χ1) is 18.4. The highest BCUT2D eigenvalue weighted by Crippen LogP contribution is 2.37. The standard InChI is InChI=1S/C24H23F6N7O2/c25-23(26,27)15-10-16(24(28,29)30)12-18(11-15)34-20(38)13-36-6-8-37(9-7-36)21-19(2-1-4-32-21)39-14-17-3-5-33-22(31)35-17/h1-5,10-12H,6-9,13-14H2,(H,34,38)(H2,31,33,35). The monoisotopic (exact) mass is 555 g/mol. The van der Waals surface area contributed by atoms with Crippen LogP contribution in [0.2, 0.25) is 0 Å². The Hall–Kier alpha value is -4.14. The molecule has 1 aliphatic rings. The van der Waals surface area contributed by atoms with Crippen LogP contribution in [0.1, 0.15) is 16.8 Å². The molecule has 39 heavy (non-hydrogen) atoms. The molecule has 15 heteroatoms. The van der Waals surface area contributed by atoms with E-state index >= 15 is 0 Å². The molecule has 4 rings (SSSR count). The van der Waals surface area contributed by atoms with E-state index in [-0.39, 0.29) is 25.2 Å². The first kappa shape index (κ1) is 27.9. The van der Waals surface area contributed by atoms with Gasteiger partial charge in [-0.3, -0.25) is 9.69 Å². The number of ether oxygens (including phenoxy) is 1. The van der Waals surface area contributed by atoms with Gasteiger partial charge in [-0.25, -0.2) is 15.0 Å². The highest BCUT2D eigenvalue weighted by Gasteiger charge is 2.37. The topological polar surface area (TPSA) is 109 Å². The number of carbonyl (C=O) groups is 1. The molecule has 0 aliphatic carbocycles. The fourth-order valence-corrected chi connectivity index (χ4v) is 3.93. The molecule has 3 N–H and O–H groups in total. The minimum absolute atomic E-state index is 0.00743. The SMILES string of the molecule is Nc1nccc(COc2cccnc2N2CCN(CC(=O)Nc3cc(C(F)(F)F)cc(C(F)(F)F)c3)CC2)n1. The number of nitrogens with zero attached hydrogens (tertiary/aromatic N) is 5. The molecule has 1 aliphatic heterocycles. The number of hydrogen-bond donors (Lipinski definition) is 2. The maximum atomic E-state index is 13.1. The Labute approximate surface area is 218 Å². The molecule has 0 saturated carbocycles. The van der Waals surface area contributed by atoms with E-state index in [1.54, 1.807) is 29.3 Å². The third-order valence-corrected chi connectivity index (χ3v) is 5.77. The Kier molecular flexibility index (Phi) is 8.09. The molecule has 2 aromatic heterocycles. The average molecular weight is 555 g/mol. The summed E-state index contributed by atoms with van der Waals surface area (Å²) in [6, 6.07) is 6.09. The summed E-state index contributed by atoms with van der Waals surface area (Å²) in [5.74, 6) is 0.469. The fourth-order valence-electron chi connectivity index (χ4n) is 3.93. The summed E-state index contributed by atoms with van der Waals surface area (Å²) in [6.45, 7) is 1.60. The molecule has 9 nitrogen and oxygen atoms in total. The van der Waals surface area contributed by atoms with Crippen molar-refractivity contribution >= 4 is 23.4 Å². The Morgan fingerprint density at radius 1 is 0.949 bits per heavy atom. The fraction of sp³-hybridized carbons (Fsp3) is 0.333. The predicted molar refractivity (Wildman–Crippen MR) is 129 cm³/mol. The first-order valence-corrected chi connectivity index (χ1v) is 11.6. The van der Waals surface area contributed by atoms with Gasteiger partial charge in [0.15, 0.2) is 11.6 Å². The molecule has 1 fully saturated rings. The van der Waals surface area contributed by atoms with Gasteiger partial charge in [0.2, 0.25) is 11.9 Å². The van der Waals surface area contributed by atoms with E-state index in [9.17, 15) is 31.1 Å². The summed E-state index contributed by atoms with van der Waals surface area (Å²) in [5.41, 5.74) is 2.58. The quantitative estimate of drug-likeness (QED) is 0.424. The largest absolute Gasteiger partial charge is 0.483 e. The number of nitrogens with two attached hydrogens (primary N) is 1. The maximum absolute atomic E-state index is 13.1. The maximum Gasteiger partial charge on any atom is 0.416 e. The summed E-state index contributed by atoms with van der Waals surface area (Å²) >= 11 is 0. The Morgan fingerprint density at radius 2 is 1.62 bits per heavy atom. The Balaban J connectivity index is 1.35. The van der Waals surface area contributed by atoms with E-state index in [4.69, 9.17) is 10.5 Å². The average Bonchev–Trinajstić information content (AvgIpc) is 2.87. The molecule has 3 aromatic rings. The number of halogens is 6. The van der Waals surface area contributed by atoms with Crippen molar-refractivity contribution in [1.29, 1.82) is 0 Å². The van der Waals surface area contributed by atoms with Crippen LogP contribution in [-0.4, -0.2) is 58.5 Å². The number of hydrogen-bond acceptors (Lipinski definition) is 8. The molecule has 1 saturated heterocycles. The summed E-state index contributed by atoms with van der Waals surface area (Å²) in [6.07, 6.45) is -6.89. The van der Waals surface area contributed by atoms with Gasteiger partial charge in [0.25, 0.3) is 0 Å². The van der Waals surface area contributed by atoms with Gasteiger partial charge in [-0.05, 0) is 36.4 Å². The van der Waals surface area contributed by atoms with Crippen LogP contribution in [0, 0.1) is 0 Å². The number of anilines is 3. The van der Waals surface area contributed by atoms with Crippen molar-refractivity contribution in [2.75, 3.05) is 48.7 Å². The molecule has 1 amide bonds. The van der Waals surface area contributed by atoms with E-state index in [1.807, 2.05) is 4.90 Å². The zero-order chi connectivity index (χ0) is 28.2. The summed E-state index contributed by atoms with van der Waals surface area (Å²) in [5, 5.41) is 2.16. The summed E-state index contributed by atoms with van der Waals surface area (Å²) in [4.78, 5) is 28.5. The molecule has 0 radical (unpaired) electrons. The normalized spacial score (nSPS) is 14.8. The van der Waals surface area contributed by atoms with Crippen LogP contribution in [-0.2, 0) is 23.8 Å². The van der Waals surface area contributed by atoms with Crippen LogP contribution in [0.5, 0.6) is 5.75 Å². The number of aromatic nitrogens is 3. The lowest BCUT2D eigenvalue weighted by molar-refractivity contribution is -0.143. The number of piperazine rings is 1. The van der Waals surface area contributed by atoms with Gasteiger partial charge in [-0.1, -0.05) is 0 Å². The van der Waals surface area contributed by atoms with Gasteiger partial charge in [-0.15, -0.1) is 0 Å². The van der Waals surface area contributed by atoms with Crippen molar-refractivity contribution in [2.45, 2.75) is 19.0 Å². The number of alkyl halides is 6. The van der Waals surface area contributed by atoms with Crippen LogP contribution < -0.4 is 20.7 Å². The van der Waals surface area contributed by atoms with Crippen molar-refractivity contribution < 1.29 is 35.9 Å². The minimum atomic E-state index is -5.01. The third-order valence-electron chi connectivity index (χ3n) is 5.77. The van der Waals surface area contributed by atoms with Gasteiger partial charge in [0, 0.05) is 44.3 Å². The third kappa shape index (κ3) is 7.46. The first-order valence-electron chi connectivity index (χ1n) is 11.6. The number of amides is 1. The summed E-state index contributed by atoms with van der Waals surface area (Å²) in [7, 11) is 0. The molecule has 1 aromatic carbocycles. The van der Waals surface area contributed by atoms with Gasteiger partial charge in [0.1, 0.15) is 6.61 Å². The molecule has 3 heterocycles. The Morgan fingerprint density at radius 3 is 2.23 bits per heavy atom. The smallest absolute Gasteiger partial charge is 0.416 e. The molecule has 208 valence electrons. The highest BCUT2D eigenvalue weighted by molar-refractivity contribution is 5.92. The lowest BCUT2D eigenvalue weighted by Crippen LogP contribution is -2.49. The molecule has 0 spiro atoms. The molecule has 0 atom stereocenters. The zero-order valence-electron chi connectivity index (χ0n) is 20.3. The Bertz CT molecular complexity index is 1280. The molecular formula is C24H23F6N7O2. The van der Waals surface area contributed by atoms with Gasteiger partial charge in [-0.2, -0.15) is 26.3 Å². The molecule has 0 unspecified atom stereocenters. The van der Waals surface area contributed by atoms with Crippen LogP contribution in [0.15, 0.2) is 48.8 Å². The molecule has 0 bridgehead atoms. The van der Waals surface area contributed by atoms with E-state index in [1.165, 1.54) is 6.20 Å². The summed E-state index contributed by atoms with van der Waals surface area (Å²) < 4.78 is 84.4. The number of nitrogens with one attached hydrogen (secondary N) is 1. The van der Waals surface area contributed by atoms with Crippen LogP contribution >= 0.6 is 0 Å². The van der Waals surface area contributed by atoms with Crippen molar-refractivity contribution in [1.82, 2.24) is 19.9 Å². The van der Waals surface area contributed by atoms with Gasteiger partial charge in [0.05, 0.1) is 23.4 Å². The number of nitrogen functional groups attached to an aromatic ring is 1. The lowest BCUT2D eigenvalue weighted by atomic mass is 10.1. The number of rotatable bonds is 7. The van der Waals surface area contributed by atoms with E-state index in [2.05, 4.69) is 20.3 Å². The van der Waals surface area contributed by atoms with Crippen LogP contribution in [0.3, 0.4) is 0 Å². The van der Waals surface area contributed by atoms with Gasteiger partial charge < -0.3 is 20.7 Å². The van der Waals surface area contributed by atoms with Crippen molar-refractivity contribution in [3.63, 3.8) is 0 Å². The van der Waals surface area contributed by atoms with E-state index in [0.29, 0.717) is 55.6 Å². The highest BCUT2D eigenvalue weighted by atomic mass is 19.4. The minimum Gasteiger partial charge on any atom is -0.483 e. The van der Waals surface area contributed by atoms with Crippen LogP contribution in [0.25, 0.3) is 0 Å². The van der Waals surface area contributed by atoms with Crippen molar-refractivity contribution in [2.24, 2.45) is 0 Å². The van der Waals surface area contributed by atoms with Crippen molar-refractivity contribution in [3.05, 3.63) is 65.6 Å². The zero-order valence-corrected chi connectivity index (χ0v) is 20.3. The molecular weight excluding hydrogens is 532 g/mol. The second-order valence-corrected chi connectivity index (χ2v) is 8.63. The number of carbonyl (C=O) groups excluding carboxylic acids is 1. The predicted octanol–water partition coefficient (Wildman–Crippen LogP) is 3.83. The number of pyridine rings is 1.